The lowest BCUT2D eigenvalue weighted by Gasteiger charge is -2.14. The van der Waals surface area contributed by atoms with Gasteiger partial charge in [-0.3, -0.25) is 9.69 Å². The van der Waals surface area contributed by atoms with E-state index in [0.29, 0.717) is 32.3 Å². The Labute approximate surface area is 159 Å². The summed E-state index contributed by atoms with van der Waals surface area (Å²) in [4.78, 5) is 14.9. The molecule has 2 heterocycles. The van der Waals surface area contributed by atoms with Gasteiger partial charge in [-0.05, 0) is 35.4 Å². The molecule has 0 bridgehead atoms. The standard InChI is InChI=1S/C18H12ClNO3S2/c19-13-4-2-1-3-12(13)8-16-17(21)20(18(24)25-16)9-11-5-6-14-15(7-11)23-10-22-14/h1-8H,9-10H2. The smallest absolute Gasteiger partial charge is 0.266 e. The fourth-order valence-electron chi connectivity index (χ4n) is 2.59. The second-order valence-corrected chi connectivity index (χ2v) is 7.56. The Morgan fingerprint density at radius 3 is 2.84 bits per heavy atom. The largest absolute Gasteiger partial charge is 0.454 e. The third kappa shape index (κ3) is 3.25. The predicted molar refractivity (Wildman–Crippen MR) is 103 cm³/mol. The molecule has 0 aliphatic carbocycles. The number of hydrogen-bond acceptors (Lipinski definition) is 5. The minimum Gasteiger partial charge on any atom is -0.454 e. The third-order valence-corrected chi connectivity index (χ3v) is 5.57. The van der Waals surface area contributed by atoms with Crippen LogP contribution in [-0.2, 0) is 11.3 Å². The molecule has 1 saturated heterocycles. The maximum Gasteiger partial charge on any atom is 0.266 e. The fraction of sp³-hybridized carbons (Fsp3) is 0.111. The molecule has 0 aromatic heterocycles. The van der Waals surface area contributed by atoms with Gasteiger partial charge in [-0.2, -0.15) is 0 Å². The van der Waals surface area contributed by atoms with Crippen molar-refractivity contribution in [3.05, 3.63) is 63.5 Å². The Balaban J connectivity index is 1.56. The van der Waals surface area contributed by atoms with Crippen LogP contribution in [0.15, 0.2) is 47.4 Å². The molecule has 2 aliphatic heterocycles. The molecule has 0 atom stereocenters. The zero-order valence-electron chi connectivity index (χ0n) is 12.9. The summed E-state index contributed by atoms with van der Waals surface area (Å²) in [6.07, 6.45) is 1.78. The van der Waals surface area contributed by atoms with Crippen molar-refractivity contribution in [3.63, 3.8) is 0 Å². The molecule has 2 aliphatic rings. The number of benzene rings is 2. The lowest BCUT2D eigenvalue weighted by atomic mass is 10.2. The monoisotopic (exact) mass is 389 g/mol. The summed E-state index contributed by atoms with van der Waals surface area (Å²) >= 11 is 12.8. The molecule has 0 saturated carbocycles. The van der Waals surface area contributed by atoms with Crippen molar-refractivity contribution in [1.29, 1.82) is 0 Å². The van der Waals surface area contributed by atoms with Crippen LogP contribution in [0.25, 0.3) is 6.08 Å². The maximum absolute atomic E-state index is 12.7. The van der Waals surface area contributed by atoms with Crippen LogP contribution in [0, 0.1) is 0 Å². The molecule has 0 radical (unpaired) electrons. The highest BCUT2D eigenvalue weighted by Crippen LogP contribution is 2.36. The summed E-state index contributed by atoms with van der Waals surface area (Å²) in [7, 11) is 0. The zero-order chi connectivity index (χ0) is 17.4. The number of carbonyl (C=O) groups excluding carboxylic acids is 1. The van der Waals surface area contributed by atoms with Crippen LogP contribution in [-0.4, -0.2) is 21.9 Å². The van der Waals surface area contributed by atoms with Gasteiger partial charge in [0.15, 0.2) is 11.5 Å². The van der Waals surface area contributed by atoms with Crippen molar-refractivity contribution in [1.82, 2.24) is 4.90 Å². The second kappa shape index (κ2) is 6.71. The first kappa shape index (κ1) is 16.4. The Bertz CT molecular complexity index is 913. The summed E-state index contributed by atoms with van der Waals surface area (Å²) in [5.41, 5.74) is 1.73. The van der Waals surface area contributed by atoms with E-state index in [0.717, 1.165) is 11.1 Å². The van der Waals surface area contributed by atoms with Gasteiger partial charge < -0.3 is 9.47 Å². The predicted octanol–water partition coefficient (Wildman–Crippen LogP) is 4.47. The van der Waals surface area contributed by atoms with Crippen LogP contribution in [0.5, 0.6) is 11.5 Å². The van der Waals surface area contributed by atoms with E-state index < -0.39 is 0 Å². The van der Waals surface area contributed by atoms with Gasteiger partial charge >= 0.3 is 0 Å². The van der Waals surface area contributed by atoms with Gasteiger partial charge in [0.1, 0.15) is 4.32 Å². The third-order valence-electron chi connectivity index (χ3n) is 3.84. The van der Waals surface area contributed by atoms with E-state index in [9.17, 15) is 4.79 Å². The summed E-state index contributed by atoms with van der Waals surface area (Å²) in [6.45, 7) is 0.613. The van der Waals surface area contributed by atoms with Gasteiger partial charge in [-0.25, -0.2) is 0 Å². The average Bonchev–Trinajstić information content (AvgIpc) is 3.17. The van der Waals surface area contributed by atoms with E-state index in [4.69, 9.17) is 33.3 Å². The number of fused-ring (bicyclic) bond motifs is 1. The van der Waals surface area contributed by atoms with Crippen molar-refractivity contribution in [2.75, 3.05) is 6.79 Å². The highest BCUT2D eigenvalue weighted by Gasteiger charge is 2.32. The van der Waals surface area contributed by atoms with E-state index in [1.165, 1.54) is 11.8 Å². The lowest BCUT2D eigenvalue weighted by molar-refractivity contribution is -0.122. The highest BCUT2D eigenvalue weighted by molar-refractivity contribution is 8.26. The molecule has 126 valence electrons. The van der Waals surface area contributed by atoms with Crippen molar-refractivity contribution < 1.29 is 14.3 Å². The Kier molecular flexibility index (Phi) is 4.41. The van der Waals surface area contributed by atoms with Crippen molar-refractivity contribution in [2.45, 2.75) is 6.54 Å². The first-order valence-corrected chi connectivity index (χ1v) is 9.10. The molecule has 1 fully saturated rings. The molecule has 4 rings (SSSR count). The van der Waals surface area contributed by atoms with Crippen LogP contribution in [0.1, 0.15) is 11.1 Å². The Morgan fingerprint density at radius 2 is 2.00 bits per heavy atom. The number of rotatable bonds is 3. The fourth-order valence-corrected chi connectivity index (χ4v) is 4.03. The molecule has 0 unspecified atom stereocenters. The second-order valence-electron chi connectivity index (χ2n) is 5.48. The van der Waals surface area contributed by atoms with Gasteiger partial charge in [-0.1, -0.05) is 59.8 Å². The van der Waals surface area contributed by atoms with Gasteiger partial charge in [0, 0.05) is 5.02 Å². The van der Waals surface area contributed by atoms with Crippen molar-refractivity contribution in [3.8, 4) is 11.5 Å². The van der Waals surface area contributed by atoms with Gasteiger partial charge in [-0.15, -0.1) is 0 Å². The maximum atomic E-state index is 12.7. The number of hydrogen-bond donors (Lipinski definition) is 0. The van der Waals surface area contributed by atoms with Gasteiger partial charge in [0.2, 0.25) is 6.79 Å². The van der Waals surface area contributed by atoms with Crippen LogP contribution in [0.2, 0.25) is 5.02 Å². The number of nitrogens with zero attached hydrogens (tertiary/aromatic N) is 1. The molecule has 1 amide bonds. The molecular formula is C18H12ClNO3S2. The van der Waals surface area contributed by atoms with Crippen LogP contribution in [0.4, 0.5) is 0 Å². The van der Waals surface area contributed by atoms with E-state index in [1.807, 2.05) is 36.4 Å². The number of carbonyl (C=O) groups is 1. The molecule has 0 N–H and O–H groups in total. The molecule has 25 heavy (non-hydrogen) atoms. The van der Waals surface area contributed by atoms with Crippen molar-refractivity contribution >= 4 is 51.9 Å². The Hall–Kier alpha value is -2.02. The minimum atomic E-state index is -0.118. The van der Waals surface area contributed by atoms with Crippen molar-refractivity contribution in [2.24, 2.45) is 0 Å². The minimum absolute atomic E-state index is 0.118. The average molecular weight is 390 g/mol. The normalized spacial score (nSPS) is 17.6. The SMILES string of the molecule is O=C1C(=Cc2ccccc2Cl)SC(=S)N1Cc1ccc2c(c1)OCO2. The van der Waals surface area contributed by atoms with E-state index in [-0.39, 0.29) is 12.7 Å². The summed E-state index contributed by atoms with van der Waals surface area (Å²) < 4.78 is 11.2. The number of halogens is 1. The molecule has 2 aromatic carbocycles. The lowest BCUT2D eigenvalue weighted by Crippen LogP contribution is -2.27. The van der Waals surface area contributed by atoms with E-state index in [2.05, 4.69) is 0 Å². The molecular weight excluding hydrogens is 378 g/mol. The topological polar surface area (TPSA) is 38.8 Å². The Morgan fingerprint density at radius 1 is 1.20 bits per heavy atom. The quantitative estimate of drug-likeness (QED) is 0.572. The van der Waals surface area contributed by atoms with Gasteiger partial charge in [0.05, 0.1) is 11.4 Å². The number of ether oxygens (including phenoxy) is 2. The molecule has 0 spiro atoms. The number of thiocarbonyl (C=S) groups is 1. The van der Waals surface area contributed by atoms with E-state index >= 15 is 0 Å². The molecule has 2 aromatic rings. The zero-order valence-corrected chi connectivity index (χ0v) is 15.3. The summed E-state index contributed by atoms with van der Waals surface area (Å²) in [6, 6.07) is 13.0. The number of thioether (sulfide) groups is 1. The highest BCUT2D eigenvalue weighted by atomic mass is 35.5. The van der Waals surface area contributed by atoms with Crippen LogP contribution < -0.4 is 9.47 Å². The molecule has 7 heteroatoms. The first-order chi connectivity index (χ1) is 12.1. The van der Waals surface area contributed by atoms with Crippen LogP contribution in [0.3, 0.4) is 0 Å². The number of amides is 1. The van der Waals surface area contributed by atoms with E-state index in [1.54, 1.807) is 17.0 Å². The van der Waals surface area contributed by atoms with Crippen LogP contribution >= 0.6 is 35.6 Å². The summed E-state index contributed by atoms with van der Waals surface area (Å²) in [5.74, 6) is 1.29. The first-order valence-electron chi connectivity index (χ1n) is 7.50. The van der Waals surface area contributed by atoms with Gasteiger partial charge in [0.25, 0.3) is 5.91 Å². The summed E-state index contributed by atoms with van der Waals surface area (Å²) in [5, 5.41) is 0.600. The molecule has 4 nitrogen and oxygen atoms in total.